The van der Waals surface area contributed by atoms with E-state index in [-0.39, 0.29) is 5.97 Å². The summed E-state index contributed by atoms with van der Waals surface area (Å²) < 4.78 is 5.28. The number of ether oxygens (including phenoxy) is 1. The van der Waals surface area contributed by atoms with Gasteiger partial charge in [0.2, 0.25) is 0 Å². The van der Waals surface area contributed by atoms with Gasteiger partial charge in [0.15, 0.2) is 0 Å². The summed E-state index contributed by atoms with van der Waals surface area (Å²) in [6.07, 6.45) is 7.02. The molecule has 0 fully saturated rings. The zero-order chi connectivity index (χ0) is 11.9. The summed E-state index contributed by atoms with van der Waals surface area (Å²) in [6.45, 7) is 0.472. The number of carbonyl (C=O) groups is 1. The van der Waals surface area contributed by atoms with E-state index in [1.165, 1.54) is 12.0 Å². The van der Waals surface area contributed by atoms with Gasteiger partial charge in [-0.3, -0.25) is 0 Å². The Morgan fingerprint density at radius 3 is 2.71 bits per heavy atom. The number of rotatable bonds is 4. The van der Waals surface area contributed by atoms with Crippen LogP contribution in [0.4, 0.5) is 0 Å². The molecular weight excluding hydrogens is 212 g/mol. The molecule has 0 heterocycles. The van der Waals surface area contributed by atoms with Gasteiger partial charge in [-0.05, 0) is 31.2 Å². The third-order valence-electron chi connectivity index (χ3n) is 3.02. The topological polar surface area (TPSA) is 26.3 Å². The largest absolute Gasteiger partial charge is 0.462 e. The molecular formula is C15H18O2. The van der Waals surface area contributed by atoms with Gasteiger partial charge < -0.3 is 4.74 Å². The fourth-order valence-electron chi connectivity index (χ4n) is 2.02. The minimum absolute atomic E-state index is 0.124. The molecule has 1 aromatic carbocycles. The quantitative estimate of drug-likeness (QED) is 0.742. The fourth-order valence-corrected chi connectivity index (χ4v) is 2.02. The monoisotopic (exact) mass is 230 g/mol. The van der Waals surface area contributed by atoms with Gasteiger partial charge in [0.05, 0.1) is 6.61 Å². The van der Waals surface area contributed by atoms with Gasteiger partial charge in [0.1, 0.15) is 0 Å². The van der Waals surface area contributed by atoms with Crippen LogP contribution in [0.1, 0.15) is 31.2 Å². The van der Waals surface area contributed by atoms with Crippen molar-refractivity contribution in [1.82, 2.24) is 0 Å². The molecule has 2 nitrogen and oxygen atoms in total. The van der Waals surface area contributed by atoms with E-state index in [0.717, 1.165) is 31.3 Å². The van der Waals surface area contributed by atoms with Crippen LogP contribution >= 0.6 is 0 Å². The van der Waals surface area contributed by atoms with Crippen LogP contribution in [-0.4, -0.2) is 12.6 Å². The van der Waals surface area contributed by atoms with Crippen molar-refractivity contribution in [2.45, 2.75) is 32.1 Å². The Balaban J connectivity index is 1.75. The van der Waals surface area contributed by atoms with Crippen molar-refractivity contribution in [3.63, 3.8) is 0 Å². The van der Waals surface area contributed by atoms with Crippen LogP contribution in [0.3, 0.4) is 0 Å². The Morgan fingerprint density at radius 1 is 1.18 bits per heavy atom. The van der Waals surface area contributed by atoms with Crippen molar-refractivity contribution in [2.75, 3.05) is 6.61 Å². The van der Waals surface area contributed by atoms with E-state index in [9.17, 15) is 4.79 Å². The number of carbonyl (C=O) groups excluding carboxylic acids is 1. The highest BCUT2D eigenvalue weighted by Crippen LogP contribution is 2.18. The standard InChI is InChI=1S/C15H18O2/c16-15(14-9-5-2-6-10-14)17-12-11-13-7-3-1-4-8-13/h1,3-4,7-9H,2,5-6,10-12H2. The predicted molar refractivity (Wildman–Crippen MR) is 67.7 cm³/mol. The highest BCUT2D eigenvalue weighted by Gasteiger charge is 2.13. The molecule has 1 aliphatic rings. The number of hydrogen-bond donors (Lipinski definition) is 0. The van der Waals surface area contributed by atoms with E-state index in [0.29, 0.717) is 6.61 Å². The third-order valence-corrected chi connectivity index (χ3v) is 3.02. The maximum absolute atomic E-state index is 11.7. The zero-order valence-corrected chi connectivity index (χ0v) is 10.0. The molecule has 0 atom stereocenters. The minimum Gasteiger partial charge on any atom is -0.462 e. The molecule has 0 spiro atoms. The molecule has 0 saturated heterocycles. The summed E-state index contributed by atoms with van der Waals surface area (Å²) in [6, 6.07) is 10.1. The Kier molecular flexibility index (Phi) is 4.37. The number of hydrogen-bond acceptors (Lipinski definition) is 2. The third kappa shape index (κ3) is 3.74. The number of allylic oxidation sites excluding steroid dienone is 1. The van der Waals surface area contributed by atoms with Gasteiger partial charge >= 0.3 is 5.97 Å². The smallest absolute Gasteiger partial charge is 0.333 e. The van der Waals surface area contributed by atoms with Gasteiger partial charge in [-0.2, -0.15) is 0 Å². The molecule has 2 heteroatoms. The van der Waals surface area contributed by atoms with Crippen LogP contribution < -0.4 is 0 Å². The maximum atomic E-state index is 11.7. The van der Waals surface area contributed by atoms with Gasteiger partial charge in [0.25, 0.3) is 0 Å². The van der Waals surface area contributed by atoms with Crippen LogP contribution in [0.2, 0.25) is 0 Å². The van der Waals surface area contributed by atoms with Crippen molar-refractivity contribution >= 4 is 5.97 Å². The van der Waals surface area contributed by atoms with Crippen LogP contribution in [0, 0.1) is 0 Å². The summed E-state index contributed by atoms with van der Waals surface area (Å²) in [4.78, 5) is 11.7. The normalized spacial score (nSPS) is 15.2. The summed E-state index contributed by atoms with van der Waals surface area (Å²) in [5, 5.41) is 0. The highest BCUT2D eigenvalue weighted by molar-refractivity contribution is 5.88. The number of benzene rings is 1. The van der Waals surface area contributed by atoms with E-state index in [1.54, 1.807) is 0 Å². The molecule has 1 aliphatic carbocycles. The second-order valence-corrected chi connectivity index (χ2v) is 4.35. The second-order valence-electron chi connectivity index (χ2n) is 4.35. The lowest BCUT2D eigenvalue weighted by molar-refractivity contribution is -0.139. The molecule has 0 radical (unpaired) electrons. The van der Waals surface area contributed by atoms with Gasteiger partial charge in [-0.1, -0.05) is 36.4 Å². The summed E-state index contributed by atoms with van der Waals surface area (Å²) in [5.41, 5.74) is 2.07. The van der Waals surface area contributed by atoms with Crippen molar-refractivity contribution in [1.29, 1.82) is 0 Å². The van der Waals surface area contributed by atoms with Crippen molar-refractivity contribution in [2.24, 2.45) is 0 Å². The summed E-state index contributed by atoms with van der Waals surface area (Å²) >= 11 is 0. The average molecular weight is 230 g/mol. The fraction of sp³-hybridized carbons (Fsp3) is 0.400. The van der Waals surface area contributed by atoms with Crippen molar-refractivity contribution in [3.8, 4) is 0 Å². The van der Waals surface area contributed by atoms with Crippen molar-refractivity contribution in [3.05, 3.63) is 47.5 Å². The van der Waals surface area contributed by atoms with Gasteiger partial charge in [0, 0.05) is 12.0 Å². The lowest BCUT2D eigenvalue weighted by Gasteiger charge is -2.11. The molecule has 1 aromatic rings. The molecule has 0 amide bonds. The lowest BCUT2D eigenvalue weighted by Crippen LogP contribution is -2.12. The second kappa shape index (κ2) is 6.24. The van der Waals surface area contributed by atoms with Gasteiger partial charge in [-0.15, -0.1) is 0 Å². The van der Waals surface area contributed by atoms with Crippen LogP contribution in [-0.2, 0) is 16.0 Å². The van der Waals surface area contributed by atoms with Crippen LogP contribution in [0.25, 0.3) is 0 Å². The Bertz CT molecular complexity index is 393. The predicted octanol–water partition coefficient (Wildman–Crippen LogP) is 3.27. The summed E-state index contributed by atoms with van der Waals surface area (Å²) in [7, 11) is 0. The summed E-state index contributed by atoms with van der Waals surface area (Å²) in [5.74, 6) is -0.124. The van der Waals surface area contributed by atoms with Crippen molar-refractivity contribution < 1.29 is 9.53 Å². The van der Waals surface area contributed by atoms with Crippen LogP contribution in [0.15, 0.2) is 42.0 Å². The minimum atomic E-state index is -0.124. The molecule has 0 unspecified atom stereocenters. The SMILES string of the molecule is O=C(OCCc1ccccc1)C1=CCCCC1. The maximum Gasteiger partial charge on any atom is 0.333 e. The molecule has 0 aromatic heterocycles. The first-order valence-electron chi connectivity index (χ1n) is 6.26. The molecule has 0 aliphatic heterocycles. The molecule has 0 saturated carbocycles. The molecule has 17 heavy (non-hydrogen) atoms. The van der Waals surface area contributed by atoms with Gasteiger partial charge in [-0.25, -0.2) is 4.79 Å². The van der Waals surface area contributed by atoms with E-state index in [2.05, 4.69) is 0 Å². The Labute approximate surface area is 102 Å². The molecule has 90 valence electrons. The first kappa shape index (κ1) is 11.9. The lowest BCUT2D eigenvalue weighted by atomic mass is 10.00. The molecule has 0 N–H and O–H groups in total. The highest BCUT2D eigenvalue weighted by atomic mass is 16.5. The molecule has 2 rings (SSSR count). The van der Waals surface area contributed by atoms with E-state index < -0.39 is 0 Å². The zero-order valence-electron chi connectivity index (χ0n) is 10.0. The first-order chi connectivity index (χ1) is 8.36. The number of esters is 1. The first-order valence-corrected chi connectivity index (χ1v) is 6.26. The van der Waals surface area contributed by atoms with E-state index in [1.807, 2.05) is 36.4 Å². The average Bonchev–Trinajstić information content (AvgIpc) is 2.41. The van der Waals surface area contributed by atoms with E-state index >= 15 is 0 Å². The molecule has 0 bridgehead atoms. The Morgan fingerprint density at radius 2 is 2.00 bits per heavy atom. The Hall–Kier alpha value is -1.57. The van der Waals surface area contributed by atoms with E-state index in [4.69, 9.17) is 4.74 Å². The van der Waals surface area contributed by atoms with Crippen LogP contribution in [0.5, 0.6) is 0 Å².